The Kier molecular flexibility index (Phi) is 4.79. The molecule has 6 heteroatoms. The number of hydrogen-bond donors (Lipinski definition) is 2. The number of aliphatic imine (C=N–C) groups is 1. The van der Waals surface area contributed by atoms with Crippen LogP contribution in [0.15, 0.2) is 53.5 Å². The van der Waals surface area contributed by atoms with Gasteiger partial charge in [0.15, 0.2) is 5.96 Å². The third kappa shape index (κ3) is 3.52. The summed E-state index contributed by atoms with van der Waals surface area (Å²) < 4.78 is 0. The van der Waals surface area contributed by atoms with Crippen LogP contribution in [0.5, 0.6) is 0 Å². The van der Waals surface area contributed by atoms with Crippen LogP contribution < -0.4 is 11.1 Å². The summed E-state index contributed by atoms with van der Waals surface area (Å²) in [5.41, 5.74) is 8.84. The molecule has 0 saturated heterocycles. The topological polar surface area (TPSA) is 87.8 Å². The fraction of sp³-hybridized carbons (Fsp3) is 0.211. The first-order valence-electron chi connectivity index (χ1n) is 8.21. The van der Waals surface area contributed by atoms with Gasteiger partial charge in [0.05, 0.1) is 17.7 Å². The van der Waals surface area contributed by atoms with E-state index in [0.717, 1.165) is 12.1 Å². The maximum absolute atomic E-state index is 12.2. The zero-order valence-corrected chi connectivity index (χ0v) is 14.0. The van der Waals surface area contributed by atoms with Gasteiger partial charge >= 0.3 is 0 Å². The standard InChI is InChI=1S/C19H20N4O2/c1-2-13-7-9-14(10-8-13)22-19(20)21-11-12-23-17(24)15-5-3-4-6-16(15)18(23)25/h3-10H,2,11-12H2,1H3,(H3,20,21,22). The van der Waals surface area contributed by atoms with Crippen molar-refractivity contribution in [2.45, 2.75) is 13.3 Å². The summed E-state index contributed by atoms with van der Waals surface area (Å²) in [6.07, 6.45) is 0.976. The first-order valence-corrected chi connectivity index (χ1v) is 8.21. The number of aryl methyl sites for hydroxylation is 1. The molecule has 128 valence electrons. The fourth-order valence-corrected chi connectivity index (χ4v) is 2.72. The lowest BCUT2D eigenvalue weighted by molar-refractivity contribution is 0.0659. The van der Waals surface area contributed by atoms with E-state index in [1.165, 1.54) is 10.5 Å². The van der Waals surface area contributed by atoms with E-state index in [9.17, 15) is 9.59 Å². The summed E-state index contributed by atoms with van der Waals surface area (Å²) in [5, 5.41) is 3.00. The van der Waals surface area contributed by atoms with Crippen molar-refractivity contribution < 1.29 is 9.59 Å². The molecule has 0 saturated carbocycles. The summed E-state index contributed by atoms with van der Waals surface area (Å²) in [7, 11) is 0. The van der Waals surface area contributed by atoms with Crippen molar-refractivity contribution in [2.24, 2.45) is 10.7 Å². The van der Waals surface area contributed by atoms with E-state index in [0.29, 0.717) is 11.1 Å². The first-order chi connectivity index (χ1) is 12.1. The monoisotopic (exact) mass is 336 g/mol. The molecule has 0 aliphatic carbocycles. The number of carbonyl (C=O) groups is 2. The van der Waals surface area contributed by atoms with Gasteiger partial charge in [-0.2, -0.15) is 0 Å². The van der Waals surface area contributed by atoms with Crippen molar-refractivity contribution in [1.29, 1.82) is 0 Å². The summed E-state index contributed by atoms with van der Waals surface area (Å²) in [4.78, 5) is 29.9. The smallest absolute Gasteiger partial charge is 0.261 e. The average Bonchev–Trinajstić information content (AvgIpc) is 2.87. The molecule has 1 aliphatic rings. The molecule has 1 heterocycles. The molecule has 2 aromatic rings. The second-order valence-corrected chi connectivity index (χ2v) is 5.75. The van der Waals surface area contributed by atoms with Crippen LogP contribution in [-0.4, -0.2) is 35.8 Å². The molecule has 0 aromatic heterocycles. The van der Waals surface area contributed by atoms with Crippen LogP contribution in [0, 0.1) is 0 Å². The Morgan fingerprint density at radius 2 is 1.64 bits per heavy atom. The molecule has 0 spiro atoms. The lowest BCUT2D eigenvalue weighted by Crippen LogP contribution is -2.33. The zero-order chi connectivity index (χ0) is 17.8. The Balaban J connectivity index is 1.57. The minimum Gasteiger partial charge on any atom is -0.370 e. The number of nitrogens with two attached hydrogens (primary N) is 1. The number of benzene rings is 2. The second kappa shape index (κ2) is 7.17. The first kappa shape index (κ1) is 16.7. The van der Waals surface area contributed by atoms with Crippen LogP contribution in [-0.2, 0) is 6.42 Å². The number of fused-ring (bicyclic) bond motifs is 1. The number of amides is 2. The lowest BCUT2D eigenvalue weighted by atomic mass is 10.1. The fourth-order valence-electron chi connectivity index (χ4n) is 2.72. The van der Waals surface area contributed by atoms with Crippen molar-refractivity contribution in [3.05, 3.63) is 65.2 Å². The van der Waals surface area contributed by atoms with Crippen LogP contribution in [0.25, 0.3) is 0 Å². The molecule has 0 atom stereocenters. The Morgan fingerprint density at radius 3 is 2.20 bits per heavy atom. The van der Waals surface area contributed by atoms with E-state index in [-0.39, 0.29) is 30.9 Å². The minimum atomic E-state index is -0.280. The van der Waals surface area contributed by atoms with Crippen molar-refractivity contribution in [3.8, 4) is 0 Å². The number of anilines is 1. The van der Waals surface area contributed by atoms with Gasteiger partial charge in [-0.3, -0.25) is 19.5 Å². The van der Waals surface area contributed by atoms with E-state index in [4.69, 9.17) is 5.73 Å². The molecule has 2 aromatic carbocycles. The highest BCUT2D eigenvalue weighted by Crippen LogP contribution is 2.21. The van der Waals surface area contributed by atoms with Gasteiger partial charge in [-0.1, -0.05) is 31.2 Å². The molecule has 0 radical (unpaired) electrons. The van der Waals surface area contributed by atoms with Gasteiger partial charge in [-0.15, -0.1) is 0 Å². The third-order valence-electron chi connectivity index (χ3n) is 4.12. The van der Waals surface area contributed by atoms with E-state index in [2.05, 4.69) is 17.2 Å². The molecule has 3 N–H and O–H groups in total. The number of imide groups is 1. The second-order valence-electron chi connectivity index (χ2n) is 5.75. The summed E-state index contributed by atoms with van der Waals surface area (Å²) in [5.74, 6) is -0.309. The molecule has 0 bridgehead atoms. The van der Waals surface area contributed by atoms with Gasteiger partial charge in [0, 0.05) is 12.2 Å². The molecule has 0 fully saturated rings. The third-order valence-corrected chi connectivity index (χ3v) is 4.12. The van der Waals surface area contributed by atoms with E-state index < -0.39 is 0 Å². The summed E-state index contributed by atoms with van der Waals surface area (Å²) >= 11 is 0. The van der Waals surface area contributed by atoms with Crippen molar-refractivity contribution >= 4 is 23.5 Å². The van der Waals surface area contributed by atoms with Crippen LogP contribution in [0.1, 0.15) is 33.2 Å². The van der Waals surface area contributed by atoms with Gasteiger partial charge in [-0.05, 0) is 36.2 Å². The minimum absolute atomic E-state index is 0.198. The number of hydrogen-bond acceptors (Lipinski definition) is 3. The van der Waals surface area contributed by atoms with Crippen LogP contribution in [0.2, 0.25) is 0 Å². The van der Waals surface area contributed by atoms with E-state index in [1.54, 1.807) is 24.3 Å². The van der Waals surface area contributed by atoms with Gasteiger partial charge in [0.2, 0.25) is 0 Å². The predicted molar refractivity (Wildman–Crippen MR) is 97.7 cm³/mol. The molecular formula is C19H20N4O2. The highest BCUT2D eigenvalue weighted by Gasteiger charge is 2.34. The van der Waals surface area contributed by atoms with E-state index >= 15 is 0 Å². The normalized spacial score (nSPS) is 14.0. The molecule has 2 amide bonds. The van der Waals surface area contributed by atoms with Gasteiger partial charge in [-0.25, -0.2) is 0 Å². The number of rotatable bonds is 5. The maximum atomic E-state index is 12.2. The highest BCUT2D eigenvalue weighted by molar-refractivity contribution is 6.21. The molecule has 3 rings (SSSR count). The SMILES string of the molecule is CCc1ccc(NC(N)=NCCN2C(=O)c3ccccc3C2=O)cc1. The van der Waals surface area contributed by atoms with Crippen molar-refractivity contribution in [2.75, 3.05) is 18.4 Å². The van der Waals surface area contributed by atoms with Crippen LogP contribution in [0.4, 0.5) is 5.69 Å². The predicted octanol–water partition coefficient (Wildman–Crippen LogP) is 2.27. The molecule has 6 nitrogen and oxygen atoms in total. The lowest BCUT2D eigenvalue weighted by Gasteiger charge is -2.12. The summed E-state index contributed by atoms with van der Waals surface area (Å²) in [6, 6.07) is 14.7. The molecule has 25 heavy (non-hydrogen) atoms. The molecule has 1 aliphatic heterocycles. The number of carbonyl (C=O) groups excluding carboxylic acids is 2. The molecule has 0 unspecified atom stereocenters. The van der Waals surface area contributed by atoms with Crippen LogP contribution in [0.3, 0.4) is 0 Å². The largest absolute Gasteiger partial charge is 0.370 e. The average molecular weight is 336 g/mol. The van der Waals surface area contributed by atoms with E-state index in [1.807, 2.05) is 24.3 Å². The molecular weight excluding hydrogens is 316 g/mol. The summed E-state index contributed by atoms with van der Waals surface area (Å²) in [6.45, 7) is 2.54. The van der Waals surface area contributed by atoms with Crippen molar-refractivity contribution in [1.82, 2.24) is 4.90 Å². The number of nitrogens with one attached hydrogen (secondary N) is 1. The Hall–Kier alpha value is -3.15. The van der Waals surface area contributed by atoms with Gasteiger partial charge in [0.1, 0.15) is 0 Å². The number of guanidine groups is 1. The highest BCUT2D eigenvalue weighted by atomic mass is 16.2. The Morgan fingerprint density at radius 1 is 1.04 bits per heavy atom. The van der Waals surface area contributed by atoms with Crippen LogP contribution >= 0.6 is 0 Å². The van der Waals surface area contributed by atoms with Gasteiger partial charge < -0.3 is 11.1 Å². The Bertz CT molecular complexity index is 793. The number of nitrogens with zero attached hydrogens (tertiary/aromatic N) is 2. The Labute approximate surface area is 146 Å². The zero-order valence-electron chi connectivity index (χ0n) is 14.0. The van der Waals surface area contributed by atoms with Crippen molar-refractivity contribution in [3.63, 3.8) is 0 Å². The maximum Gasteiger partial charge on any atom is 0.261 e. The van der Waals surface area contributed by atoms with Gasteiger partial charge in [0.25, 0.3) is 11.8 Å². The quantitative estimate of drug-likeness (QED) is 0.498.